The van der Waals surface area contributed by atoms with Crippen LogP contribution in [0.5, 0.6) is 0 Å². The number of ketones is 2. The summed E-state index contributed by atoms with van der Waals surface area (Å²) in [5.74, 6) is 10.9. The van der Waals surface area contributed by atoms with Crippen molar-refractivity contribution in [3.05, 3.63) is 142 Å². The van der Waals surface area contributed by atoms with Crippen LogP contribution in [0.4, 0.5) is 0 Å². The highest BCUT2D eigenvalue weighted by atomic mass is 16.7. The van der Waals surface area contributed by atoms with Gasteiger partial charge >= 0.3 is 0 Å². The molecule has 13 heteroatoms. The first-order chi connectivity index (χ1) is 34.6. The minimum Gasteiger partial charge on any atom is -0.388 e. The van der Waals surface area contributed by atoms with Crippen molar-refractivity contribution in [1.29, 1.82) is 0 Å². The van der Waals surface area contributed by atoms with Crippen molar-refractivity contribution in [2.24, 2.45) is 11.8 Å². The Hall–Kier alpha value is -6.90. The minimum atomic E-state index is -1.82. The molecule has 0 aromatic heterocycles. The Morgan fingerprint density at radius 3 is 1.27 bits per heavy atom. The number of aliphatic hydroxyl groups excluding tert-OH is 1. The fraction of sp³-hybridized carbons (Fsp3) is 0.443. The van der Waals surface area contributed by atoms with Gasteiger partial charge in [0.2, 0.25) is 0 Å². The van der Waals surface area contributed by atoms with Gasteiger partial charge in [0.15, 0.2) is 28.9 Å². The van der Waals surface area contributed by atoms with Gasteiger partial charge in [-0.1, -0.05) is 88.5 Å². The monoisotopic (exact) mass is 1010 g/mol. The second-order valence-electron chi connectivity index (χ2n) is 19.2. The molecule has 3 N–H and O–H groups in total. The molecular formula is C61H76N4O9. The Balaban J connectivity index is 0.000000316. The van der Waals surface area contributed by atoms with Gasteiger partial charge in [0.25, 0.3) is 23.6 Å². The van der Waals surface area contributed by atoms with Crippen LogP contribution in [-0.4, -0.2) is 115 Å². The molecule has 4 aromatic carbocycles. The highest BCUT2D eigenvalue weighted by molar-refractivity contribution is 6.15. The number of Topliss-reactive ketones (excluding diaryl/α,β-unsaturated/α-hetero) is 2. The largest absolute Gasteiger partial charge is 0.388 e. The van der Waals surface area contributed by atoms with Crippen molar-refractivity contribution in [2.45, 2.75) is 117 Å². The second-order valence-corrected chi connectivity index (χ2v) is 19.2. The predicted molar refractivity (Wildman–Crippen MR) is 289 cm³/mol. The van der Waals surface area contributed by atoms with E-state index in [9.17, 15) is 33.9 Å². The molecule has 74 heavy (non-hydrogen) atoms. The molecule has 1 saturated heterocycles. The van der Waals surface area contributed by atoms with Gasteiger partial charge in [-0.05, 0) is 155 Å². The SMILES string of the molecule is C.C.CNC(=O)[C@@](C)(C(=O)CO)N(C)C(=O)c1ccc(C#Cc2ccc(CCC3CC3)cc2)cc1.CNC(=O)[C@@](C)(C(=O)COC1CCCCO1)N(C)C(=O)c1ccc(C#Cc2ccc(CCC3CC3)cc2)cc1. The van der Waals surface area contributed by atoms with Crippen molar-refractivity contribution in [3.8, 4) is 23.7 Å². The molecule has 1 unspecified atom stereocenters. The van der Waals surface area contributed by atoms with E-state index in [0.29, 0.717) is 24.2 Å². The van der Waals surface area contributed by atoms with E-state index in [1.807, 2.05) is 24.3 Å². The Labute approximate surface area is 439 Å². The number of hydrogen-bond acceptors (Lipinski definition) is 9. The summed E-state index contributed by atoms with van der Waals surface area (Å²) in [4.78, 5) is 79.1. The molecular weight excluding hydrogens is 933 g/mol. The van der Waals surface area contributed by atoms with Gasteiger partial charge < -0.3 is 35.0 Å². The number of nitrogens with zero attached hydrogens (tertiary/aromatic N) is 2. The number of carbonyl (C=O) groups excluding carboxylic acids is 6. The number of hydrogen-bond donors (Lipinski definition) is 3. The number of amides is 4. The predicted octanol–water partition coefficient (Wildman–Crippen LogP) is 7.96. The van der Waals surface area contributed by atoms with Gasteiger partial charge in [-0.3, -0.25) is 28.8 Å². The summed E-state index contributed by atoms with van der Waals surface area (Å²) in [6, 6.07) is 30.2. The van der Waals surface area contributed by atoms with Crippen LogP contribution in [0.25, 0.3) is 0 Å². The lowest BCUT2D eigenvalue weighted by Crippen LogP contribution is -2.62. The molecule has 0 radical (unpaired) electrons. The van der Waals surface area contributed by atoms with E-state index in [-0.39, 0.29) is 21.5 Å². The molecule has 4 aromatic rings. The molecule has 4 amide bonds. The molecule has 7 rings (SSSR count). The lowest BCUT2D eigenvalue weighted by atomic mass is 9.92. The number of rotatable bonds is 18. The molecule has 2 aliphatic carbocycles. The zero-order valence-electron chi connectivity index (χ0n) is 42.5. The number of aryl methyl sites for hydroxylation is 2. The summed E-state index contributed by atoms with van der Waals surface area (Å²) in [7, 11) is 5.63. The quantitative estimate of drug-likeness (QED) is 0.0661. The van der Waals surface area contributed by atoms with E-state index in [2.05, 4.69) is 58.6 Å². The van der Waals surface area contributed by atoms with E-state index in [4.69, 9.17) is 9.47 Å². The Morgan fingerprint density at radius 1 is 0.581 bits per heavy atom. The van der Waals surface area contributed by atoms with Crippen LogP contribution in [0.2, 0.25) is 0 Å². The highest BCUT2D eigenvalue weighted by Gasteiger charge is 2.47. The normalized spacial score (nSPS) is 16.1. The number of benzene rings is 4. The number of ether oxygens (including phenoxy) is 2. The zero-order valence-corrected chi connectivity index (χ0v) is 42.5. The van der Waals surface area contributed by atoms with Crippen LogP contribution in [0, 0.1) is 35.5 Å². The summed E-state index contributed by atoms with van der Waals surface area (Å²) in [6.45, 7) is 2.16. The van der Waals surface area contributed by atoms with Gasteiger partial charge in [0.05, 0.1) is 0 Å². The zero-order chi connectivity index (χ0) is 51.8. The van der Waals surface area contributed by atoms with E-state index < -0.39 is 59.2 Å². The van der Waals surface area contributed by atoms with Crippen LogP contribution in [0.15, 0.2) is 97.1 Å². The van der Waals surface area contributed by atoms with Crippen LogP contribution >= 0.6 is 0 Å². The fourth-order valence-corrected chi connectivity index (χ4v) is 8.26. The summed E-state index contributed by atoms with van der Waals surface area (Å²) < 4.78 is 11.1. The maximum Gasteiger partial charge on any atom is 0.254 e. The molecule has 3 fully saturated rings. The van der Waals surface area contributed by atoms with Gasteiger partial charge in [-0.25, -0.2) is 0 Å². The van der Waals surface area contributed by atoms with Crippen molar-refractivity contribution in [3.63, 3.8) is 0 Å². The Bertz CT molecular complexity index is 2650. The Morgan fingerprint density at radius 2 is 0.946 bits per heavy atom. The minimum absolute atomic E-state index is 0. The van der Waals surface area contributed by atoms with Crippen molar-refractivity contribution in [1.82, 2.24) is 20.4 Å². The van der Waals surface area contributed by atoms with Gasteiger partial charge in [-0.2, -0.15) is 0 Å². The molecule has 0 bridgehead atoms. The maximum atomic E-state index is 13.3. The third-order valence-electron chi connectivity index (χ3n) is 14.0. The molecule has 3 atom stereocenters. The summed E-state index contributed by atoms with van der Waals surface area (Å²) in [6.07, 6.45) is 12.4. The van der Waals surface area contributed by atoms with Crippen molar-refractivity contribution in [2.75, 3.05) is 48.0 Å². The molecule has 394 valence electrons. The van der Waals surface area contributed by atoms with Crippen LogP contribution in [0.3, 0.4) is 0 Å². The first-order valence-corrected chi connectivity index (χ1v) is 24.9. The summed E-state index contributed by atoms with van der Waals surface area (Å²) >= 11 is 0. The van der Waals surface area contributed by atoms with Gasteiger partial charge in [0, 0.05) is 68.2 Å². The summed E-state index contributed by atoms with van der Waals surface area (Å²) in [5.41, 5.74) is 3.14. The van der Waals surface area contributed by atoms with Gasteiger partial charge in [0.1, 0.15) is 13.2 Å². The van der Waals surface area contributed by atoms with Crippen molar-refractivity contribution >= 4 is 35.2 Å². The average molecular weight is 1010 g/mol. The third kappa shape index (κ3) is 15.8. The third-order valence-corrected chi connectivity index (χ3v) is 14.0. The molecule has 0 spiro atoms. The number of nitrogens with one attached hydrogen (secondary N) is 2. The van der Waals surface area contributed by atoms with Crippen LogP contribution < -0.4 is 10.6 Å². The van der Waals surface area contributed by atoms with E-state index in [1.54, 1.807) is 48.5 Å². The molecule has 3 aliphatic rings. The smallest absolute Gasteiger partial charge is 0.254 e. The average Bonchev–Trinajstić information content (AvgIpc) is 4.39. The standard InChI is InChI=1S/C32H38N2O5.C27H30N2O4.2CH4/c1-32(31(37)33-2,28(35)22-39-29-6-4-5-21-38-29)34(3)30(36)27-19-17-26(18-20-27)16-15-25-13-11-24(12-14-25)10-9-23-7-8-23;1-27(24(31)18-30,26(33)28-2)29(3)25(32)23-16-14-22(15-17-23)13-12-21-10-8-20(9-11-21)7-6-19-4-5-19;;/h11-14,17-20,23,29H,4-10,21-22H2,1-3H3,(H,33,37);8-11,14-17,19,30H,4-7,18H2,1-3H3,(H,28,33);2*1H4/t29?,32-;27-;;/m11../s1. The second kappa shape index (κ2) is 28.0. The topological polar surface area (TPSA) is 172 Å². The lowest BCUT2D eigenvalue weighted by Gasteiger charge is -2.36. The first kappa shape index (κ1) is 59.7. The van der Waals surface area contributed by atoms with Crippen molar-refractivity contribution < 1.29 is 43.3 Å². The molecule has 1 heterocycles. The van der Waals surface area contributed by atoms with Gasteiger partial charge in [-0.15, -0.1) is 0 Å². The van der Waals surface area contributed by atoms with E-state index >= 15 is 0 Å². The van der Waals surface area contributed by atoms with E-state index in [0.717, 1.165) is 64.7 Å². The summed E-state index contributed by atoms with van der Waals surface area (Å²) in [5, 5.41) is 14.2. The van der Waals surface area contributed by atoms with E-state index in [1.165, 1.54) is 96.6 Å². The molecule has 2 saturated carbocycles. The number of carbonyl (C=O) groups is 6. The van der Waals surface area contributed by atoms with Crippen LogP contribution in [-0.2, 0) is 41.5 Å². The lowest BCUT2D eigenvalue weighted by molar-refractivity contribution is -0.174. The number of likely N-dealkylation sites (N-methyl/N-ethyl adjacent to an activating group) is 4. The Kier molecular flexibility index (Phi) is 22.5. The number of aliphatic hydroxyl groups is 1. The first-order valence-electron chi connectivity index (χ1n) is 24.9. The maximum absolute atomic E-state index is 13.3. The highest BCUT2D eigenvalue weighted by Crippen LogP contribution is 2.34. The molecule has 1 aliphatic heterocycles. The fourth-order valence-electron chi connectivity index (χ4n) is 8.26. The molecule has 13 nitrogen and oxygen atoms in total. The van der Waals surface area contributed by atoms with Crippen LogP contribution in [0.1, 0.15) is 141 Å².